The fourth-order valence-electron chi connectivity index (χ4n) is 4.36. The van der Waals surface area contributed by atoms with Crippen LogP contribution in [-0.2, 0) is 16.8 Å². The minimum absolute atomic E-state index is 0.133. The zero-order chi connectivity index (χ0) is 28.5. The van der Waals surface area contributed by atoms with E-state index in [1.54, 1.807) is 67.7 Å². The lowest BCUT2D eigenvalue weighted by Crippen LogP contribution is -2.60. The molecule has 0 saturated carbocycles. The Morgan fingerprint density at radius 2 is 1.32 bits per heavy atom. The number of carbonyl (C=O) groups excluding carboxylic acids is 1. The van der Waals surface area contributed by atoms with Gasteiger partial charge in [-0.3, -0.25) is 4.79 Å². The maximum Gasteiger partial charge on any atom is 0.325 e. The van der Waals surface area contributed by atoms with Crippen LogP contribution >= 0.6 is 0 Å². The summed E-state index contributed by atoms with van der Waals surface area (Å²) in [7, 11) is 4.44. The Morgan fingerprint density at radius 3 is 1.77 bits per heavy atom. The van der Waals surface area contributed by atoms with Crippen LogP contribution in [0.4, 0.5) is 4.79 Å². The van der Waals surface area contributed by atoms with Gasteiger partial charge in [-0.05, 0) is 16.7 Å². The van der Waals surface area contributed by atoms with Gasteiger partial charge in [0.1, 0.15) is 0 Å². The molecule has 4 aromatic rings. The van der Waals surface area contributed by atoms with Crippen molar-refractivity contribution < 1.29 is 28.9 Å². The maximum atomic E-state index is 13.6. The number of rotatable bonds is 11. The lowest BCUT2D eigenvalue weighted by molar-refractivity contribution is -0.146. The number of nitrogens with zero attached hydrogens (tertiary/aromatic N) is 3. The summed E-state index contributed by atoms with van der Waals surface area (Å²) in [6.07, 6.45) is -1.52. The van der Waals surface area contributed by atoms with Crippen molar-refractivity contribution in [2.75, 3.05) is 21.3 Å². The van der Waals surface area contributed by atoms with E-state index < -0.39 is 23.6 Å². The number of carboxylic acid groups (broad SMARTS) is 1. The minimum atomic E-state index is -1.91. The Hall–Kier alpha value is -5.12. The molecule has 10 heteroatoms. The number of ether oxygens (including phenoxy) is 3. The Morgan fingerprint density at radius 1 is 0.850 bits per heavy atom. The van der Waals surface area contributed by atoms with E-state index in [2.05, 4.69) is 15.3 Å². The third kappa shape index (κ3) is 5.96. The molecule has 0 radical (unpaired) electrons. The number of urea groups is 1. The first kappa shape index (κ1) is 27.9. The Bertz CT molecular complexity index is 1360. The number of nitrogens with one attached hydrogen (secondary N) is 1. The highest BCUT2D eigenvalue weighted by atomic mass is 16.5. The molecule has 0 aliphatic rings. The van der Waals surface area contributed by atoms with Gasteiger partial charge in [0.2, 0.25) is 18.0 Å². The van der Waals surface area contributed by atoms with Gasteiger partial charge in [-0.15, -0.1) is 0 Å². The van der Waals surface area contributed by atoms with Crippen molar-refractivity contribution in [3.8, 4) is 17.8 Å². The first-order chi connectivity index (χ1) is 19.4. The number of carbonyl (C=O) groups is 2. The highest BCUT2D eigenvalue weighted by Crippen LogP contribution is 2.37. The molecule has 0 bridgehead atoms. The monoisotopic (exact) mass is 542 g/mol. The number of aromatic nitrogens is 2. The molecule has 2 N–H and O–H groups in total. The second-order valence-electron chi connectivity index (χ2n) is 8.87. The van der Waals surface area contributed by atoms with Gasteiger partial charge < -0.3 is 29.5 Å². The molecule has 2 amide bonds. The average Bonchev–Trinajstić information content (AvgIpc) is 2.98. The molecule has 0 aliphatic carbocycles. The molecule has 4 rings (SSSR count). The van der Waals surface area contributed by atoms with E-state index in [4.69, 9.17) is 14.2 Å². The quantitative estimate of drug-likeness (QED) is 0.272. The number of aliphatic carboxylic acids is 1. The van der Waals surface area contributed by atoms with Crippen LogP contribution in [0.5, 0.6) is 17.8 Å². The second kappa shape index (κ2) is 12.6. The van der Waals surface area contributed by atoms with Gasteiger partial charge in [0.05, 0.1) is 20.3 Å². The third-order valence-corrected chi connectivity index (χ3v) is 6.35. The standard InChI is InChI=1S/C30H30N4O6/c1-34(20-21-13-7-4-8-14-21)29(37)33-26(40-28-31-24(38-2)19-25(32-28)39-3)30(27(35)36,22-15-9-5-10-16-22)23-17-11-6-12-18-23/h4-19,26H,20H2,1-3H3,(H,33,37)(H,35,36)/t26-/m1/s1. The van der Waals surface area contributed by atoms with Crippen LogP contribution in [0.15, 0.2) is 97.1 Å². The number of benzene rings is 3. The normalized spacial score (nSPS) is 11.7. The van der Waals surface area contributed by atoms with Crippen LogP contribution in [0.1, 0.15) is 16.7 Å². The largest absolute Gasteiger partial charge is 0.481 e. The second-order valence-corrected chi connectivity index (χ2v) is 8.87. The molecule has 206 valence electrons. The van der Waals surface area contributed by atoms with Crippen LogP contribution in [0.25, 0.3) is 0 Å². The van der Waals surface area contributed by atoms with Gasteiger partial charge in [0, 0.05) is 13.6 Å². The van der Waals surface area contributed by atoms with Crippen LogP contribution in [0.2, 0.25) is 0 Å². The molecule has 0 fully saturated rings. The van der Waals surface area contributed by atoms with Crippen molar-refractivity contribution >= 4 is 12.0 Å². The molecule has 1 aromatic heterocycles. The van der Waals surface area contributed by atoms with E-state index in [0.717, 1.165) is 5.56 Å². The Balaban J connectivity index is 1.85. The lowest BCUT2D eigenvalue weighted by Gasteiger charge is -2.38. The Labute approximate surface area is 232 Å². The number of hydrogen-bond acceptors (Lipinski definition) is 7. The number of carboxylic acids is 1. The SMILES string of the molecule is COc1cc(OC)nc(O[C@@H](NC(=O)N(C)Cc2ccccc2)C(C(=O)O)(c2ccccc2)c2ccccc2)n1. The van der Waals surface area contributed by atoms with Crippen molar-refractivity contribution in [3.05, 3.63) is 114 Å². The summed E-state index contributed by atoms with van der Waals surface area (Å²) >= 11 is 0. The van der Waals surface area contributed by atoms with Gasteiger partial charge in [-0.1, -0.05) is 91.0 Å². The molecule has 40 heavy (non-hydrogen) atoms. The molecule has 0 aliphatic heterocycles. The van der Waals surface area contributed by atoms with Gasteiger partial charge in [-0.25, -0.2) is 4.79 Å². The van der Waals surface area contributed by atoms with Gasteiger partial charge in [-0.2, -0.15) is 9.97 Å². The minimum Gasteiger partial charge on any atom is -0.481 e. The molecule has 0 unspecified atom stereocenters. The first-order valence-electron chi connectivity index (χ1n) is 12.4. The molecular formula is C30H30N4O6. The van der Waals surface area contributed by atoms with Crippen LogP contribution in [-0.4, -0.2) is 59.5 Å². The highest BCUT2D eigenvalue weighted by Gasteiger charge is 2.52. The van der Waals surface area contributed by atoms with Crippen molar-refractivity contribution in [3.63, 3.8) is 0 Å². The van der Waals surface area contributed by atoms with Crippen LogP contribution in [0.3, 0.4) is 0 Å². The predicted molar refractivity (Wildman–Crippen MR) is 147 cm³/mol. The Kier molecular flexibility index (Phi) is 8.80. The summed E-state index contributed by atoms with van der Waals surface area (Å²) < 4.78 is 16.7. The van der Waals surface area contributed by atoms with E-state index in [0.29, 0.717) is 11.1 Å². The molecule has 1 atom stereocenters. The molecule has 1 heterocycles. The smallest absolute Gasteiger partial charge is 0.325 e. The predicted octanol–water partition coefficient (Wildman–Crippen LogP) is 4.11. The molecular weight excluding hydrogens is 512 g/mol. The van der Waals surface area contributed by atoms with E-state index >= 15 is 0 Å². The van der Waals surface area contributed by atoms with E-state index in [1.165, 1.54) is 25.2 Å². The number of hydrogen-bond donors (Lipinski definition) is 2. The molecule has 0 saturated heterocycles. The molecule has 10 nitrogen and oxygen atoms in total. The van der Waals surface area contributed by atoms with Crippen molar-refractivity contribution in [1.29, 1.82) is 0 Å². The summed E-state index contributed by atoms with van der Waals surface area (Å²) in [5.41, 5.74) is -0.265. The number of amides is 2. The topological polar surface area (TPSA) is 123 Å². The summed E-state index contributed by atoms with van der Waals surface area (Å²) in [4.78, 5) is 36.9. The fraction of sp³-hybridized carbons (Fsp3) is 0.200. The summed E-state index contributed by atoms with van der Waals surface area (Å²) in [6, 6.07) is 27.2. The van der Waals surface area contributed by atoms with Crippen molar-refractivity contribution in [2.45, 2.75) is 18.2 Å². The zero-order valence-electron chi connectivity index (χ0n) is 22.4. The van der Waals surface area contributed by atoms with Gasteiger partial charge >= 0.3 is 18.0 Å². The first-order valence-corrected chi connectivity index (χ1v) is 12.4. The molecule has 0 spiro atoms. The van der Waals surface area contributed by atoms with E-state index in [-0.39, 0.29) is 24.3 Å². The fourth-order valence-corrected chi connectivity index (χ4v) is 4.36. The third-order valence-electron chi connectivity index (χ3n) is 6.35. The number of methoxy groups -OCH3 is 2. The molecule has 3 aromatic carbocycles. The lowest BCUT2D eigenvalue weighted by atomic mass is 9.72. The van der Waals surface area contributed by atoms with Gasteiger partial charge in [0.25, 0.3) is 0 Å². The van der Waals surface area contributed by atoms with E-state index in [1.807, 2.05) is 30.3 Å². The van der Waals surface area contributed by atoms with Crippen LogP contribution < -0.4 is 19.5 Å². The van der Waals surface area contributed by atoms with Crippen molar-refractivity contribution in [2.24, 2.45) is 0 Å². The summed E-state index contributed by atoms with van der Waals surface area (Å²) in [5.74, 6) is -0.988. The highest BCUT2D eigenvalue weighted by molar-refractivity contribution is 5.88. The summed E-state index contributed by atoms with van der Waals surface area (Å²) in [6.45, 7) is 0.277. The maximum absolute atomic E-state index is 13.6. The van der Waals surface area contributed by atoms with Crippen LogP contribution in [0, 0.1) is 0 Å². The average molecular weight is 543 g/mol. The van der Waals surface area contributed by atoms with E-state index in [9.17, 15) is 14.7 Å². The zero-order valence-corrected chi connectivity index (χ0v) is 22.4. The van der Waals surface area contributed by atoms with Crippen molar-refractivity contribution in [1.82, 2.24) is 20.2 Å². The summed E-state index contributed by atoms with van der Waals surface area (Å²) in [5, 5.41) is 13.7. The van der Waals surface area contributed by atoms with Gasteiger partial charge in [0.15, 0.2) is 5.41 Å².